The molecule has 0 amide bonds. The van der Waals surface area contributed by atoms with Gasteiger partial charge < -0.3 is 10.2 Å². The van der Waals surface area contributed by atoms with E-state index in [1.165, 1.54) is 0 Å². The van der Waals surface area contributed by atoms with E-state index < -0.39 is 12.8 Å². The first kappa shape index (κ1) is 8.90. The van der Waals surface area contributed by atoms with Crippen LogP contribution in [-0.2, 0) is 0 Å². The molecule has 1 aliphatic rings. The summed E-state index contributed by atoms with van der Waals surface area (Å²) in [6, 6.07) is 0. The Morgan fingerprint density at radius 2 is 2.36 bits per heavy atom. The molecule has 11 heavy (non-hydrogen) atoms. The van der Waals surface area contributed by atoms with Crippen molar-refractivity contribution in [2.24, 2.45) is 0 Å². The van der Waals surface area contributed by atoms with E-state index in [0.717, 1.165) is 13.0 Å². The zero-order valence-corrected chi connectivity index (χ0v) is 6.41. The number of hydrogen-bond donors (Lipinski definition) is 2. The molecule has 1 rings (SSSR count). The van der Waals surface area contributed by atoms with Crippen LogP contribution in [0.3, 0.4) is 0 Å². The van der Waals surface area contributed by atoms with Crippen LogP contribution in [0.2, 0.25) is 0 Å². The largest absolute Gasteiger partial charge is 0.392 e. The standard InChI is InChI=1S/C7H14FNO2/c8-3-7(11)5-9-2-1-6(10)4-9/h6-7,10-11H,1-5H2. The minimum absolute atomic E-state index is 0.290. The second-order valence-corrected chi connectivity index (χ2v) is 3.01. The summed E-state index contributed by atoms with van der Waals surface area (Å²) in [5, 5.41) is 18.0. The maximum Gasteiger partial charge on any atom is 0.117 e. The third-order valence-corrected chi connectivity index (χ3v) is 1.89. The third-order valence-electron chi connectivity index (χ3n) is 1.89. The lowest BCUT2D eigenvalue weighted by Gasteiger charge is -2.16. The summed E-state index contributed by atoms with van der Waals surface area (Å²) in [6.45, 7) is 0.968. The lowest BCUT2D eigenvalue weighted by atomic mass is 10.3. The molecule has 0 aromatic heterocycles. The van der Waals surface area contributed by atoms with Crippen LogP contribution in [0, 0.1) is 0 Å². The van der Waals surface area contributed by atoms with Gasteiger partial charge in [-0.3, -0.25) is 4.90 Å². The van der Waals surface area contributed by atoms with Crippen LogP contribution < -0.4 is 0 Å². The van der Waals surface area contributed by atoms with E-state index in [4.69, 9.17) is 10.2 Å². The minimum atomic E-state index is -0.889. The van der Waals surface area contributed by atoms with Gasteiger partial charge in [-0.25, -0.2) is 4.39 Å². The Balaban J connectivity index is 2.17. The Morgan fingerprint density at radius 1 is 1.64 bits per heavy atom. The van der Waals surface area contributed by atoms with Gasteiger partial charge in [0.2, 0.25) is 0 Å². The number of aliphatic hydroxyl groups excluding tert-OH is 2. The van der Waals surface area contributed by atoms with Gasteiger partial charge in [0.1, 0.15) is 6.67 Å². The van der Waals surface area contributed by atoms with Gasteiger partial charge in [-0.1, -0.05) is 0 Å². The molecule has 1 saturated heterocycles. The smallest absolute Gasteiger partial charge is 0.117 e. The van der Waals surface area contributed by atoms with E-state index in [-0.39, 0.29) is 6.10 Å². The molecule has 0 aliphatic carbocycles. The third kappa shape index (κ3) is 2.73. The van der Waals surface area contributed by atoms with Crippen molar-refractivity contribution in [2.75, 3.05) is 26.3 Å². The fraction of sp³-hybridized carbons (Fsp3) is 1.00. The Bertz CT molecular complexity index is 123. The molecular weight excluding hydrogens is 149 g/mol. The first-order valence-electron chi connectivity index (χ1n) is 3.87. The first-order chi connectivity index (χ1) is 5.22. The Labute approximate surface area is 65.4 Å². The number of likely N-dealkylation sites (tertiary alicyclic amines) is 1. The molecule has 1 heterocycles. The van der Waals surface area contributed by atoms with Gasteiger partial charge in [0.15, 0.2) is 0 Å². The van der Waals surface area contributed by atoms with Crippen molar-refractivity contribution in [1.29, 1.82) is 0 Å². The predicted molar refractivity (Wildman–Crippen MR) is 39.0 cm³/mol. The highest BCUT2D eigenvalue weighted by atomic mass is 19.1. The molecular formula is C7H14FNO2. The monoisotopic (exact) mass is 163 g/mol. The second-order valence-electron chi connectivity index (χ2n) is 3.01. The highest BCUT2D eigenvalue weighted by Crippen LogP contribution is 2.08. The van der Waals surface area contributed by atoms with Crippen LogP contribution in [-0.4, -0.2) is 53.6 Å². The molecule has 3 nitrogen and oxygen atoms in total. The SMILES string of the molecule is OC(CF)CN1CCC(O)C1. The van der Waals surface area contributed by atoms with Gasteiger partial charge in [-0.05, 0) is 6.42 Å². The van der Waals surface area contributed by atoms with Crippen molar-refractivity contribution in [3.8, 4) is 0 Å². The molecule has 0 saturated carbocycles. The molecule has 1 aliphatic heterocycles. The molecule has 2 atom stereocenters. The fourth-order valence-electron chi connectivity index (χ4n) is 1.32. The van der Waals surface area contributed by atoms with Gasteiger partial charge >= 0.3 is 0 Å². The molecule has 0 aromatic carbocycles. The van der Waals surface area contributed by atoms with Crippen molar-refractivity contribution in [3.63, 3.8) is 0 Å². The van der Waals surface area contributed by atoms with Crippen LogP contribution in [0.4, 0.5) is 4.39 Å². The van der Waals surface area contributed by atoms with Crippen molar-refractivity contribution >= 4 is 0 Å². The number of hydrogen-bond acceptors (Lipinski definition) is 3. The Kier molecular flexibility index (Phi) is 3.23. The van der Waals surface area contributed by atoms with Crippen LogP contribution in [0.5, 0.6) is 0 Å². The number of alkyl halides is 1. The molecule has 66 valence electrons. The topological polar surface area (TPSA) is 43.7 Å². The average molecular weight is 163 g/mol. The van der Waals surface area contributed by atoms with E-state index in [2.05, 4.69) is 0 Å². The van der Waals surface area contributed by atoms with Gasteiger partial charge in [0.05, 0.1) is 12.2 Å². The molecule has 0 spiro atoms. The van der Waals surface area contributed by atoms with Gasteiger partial charge in [0.25, 0.3) is 0 Å². The lowest BCUT2D eigenvalue weighted by Crippen LogP contribution is -2.32. The van der Waals surface area contributed by atoms with Crippen molar-refractivity contribution in [3.05, 3.63) is 0 Å². The van der Waals surface area contributed by atoms with Crippen molar-refractivity contribution in [1.82, 2.24) is 4.90 Å². The number of aliphatic hydroxyl groups is 2. The molecule has 0 bridgehead atoms. The van der Waals surface area contributed by atoms with Crippen LogP contribution in [0.15, 0.2) is 0 Å². The molecule has 2 N–H and O–H groups in total. The highest BCUT2D eigenvalue weighted by molar-refractivity contribution is 4.76. The predicted octanol–water partition coefficient (Wildman–Crippen LogP) is -0.617. The number of halogens is 1. The second kappa shape index (κ2) is 3.99. The lowest BCUT2D eigenvalue weighted by molar-refractivity contribution is 0.0917. The summed E-state index contributed by atoms with van der Waals surface area (Å²) in [4.78, 5) is 1.87. The Morgan fingerprint density at radius 3 is 2.82 bits per heavy atom. The summed E-state index contributed by atoms with van der Waals surface area (Å²) >= 11 is 0. The summed E-state index contributed by atoms with van der Waals surface area (Å²) in [5.41, 5.74) is 0. The zero-order valence-electron chi connectivity index (χ0n) is 6.41. The van der Waals surface area contributed by atoms with Gasteiger partial charge in [-0.2, -0.15) is 0 Å². The number of β-amino-alcohol motifs (C(OH)–C–C–N with tert-alkyl or cyclic N) is 2. The summed E-state index contributed by atoms with van der Waals surface area (Å²) in [5.74, 6) is 0. The highest BCUT2D eigenvalue weighted by Gasteiger charge is 2.21. The normalized spacial score (nSPS) is 29.2. The number of nitrogens with zero attached hydrogens (tertiary/aromatic N) is 1. The van der Waals surface area contributed by atoms with Crippen LogP contribution in [0.1, 0.15) is 6.42 Å². The summed E-state index contributed by atoms with van der Waals surface area (Å²) < 4.78 is 11.8. The first-order valence-corrected chi connectivity index (χ1v) is 3.87. The van der Waals surface area contributed by atoms with Gasteiger partial charge in [-0.15, -0.1) is 0 Å². The Hall–Kier alpha value is -0.190. The van der Waals surface area contributed by atoms with E-state index in [9.17, 15) is 4.39 Å². The molecule has 1 fully saturated rings. The molecule has 2 unspecified atom stereocenters. The number of rotatable bonds is 3. The quantitative estimate of drug-likeness (QED) is 0.583. The summed E-state index contributed by atoms with van der Waals surface area (Å²) in [7, 11) is 0. The van der Waals surface area contributed by atoms with Crippen LogP contribution in [0.25, 0.3) is 0 Å². The average Bonchev–Trinajstić information content (AvgIpc) is 2.35. The van der Waals surface area contributed by atoms with E-state index >= 15 is 0 Å². The van der Waals surface area contributed by atoms with Crippen molar-refractivity contribution < 1.29 is 14.6 Å². The summed E-state index contributed by atoms with van der Waals surface area (Å²) in [6.07, 6.45) is -0.443. The molecule has 0 radical (unpaired) electrons. The van der Waals surface area contributed by atoms with Crippen molar-refractivity contribution in [2.45, 2.75) is 18.6 Å². The minimum Gasteiger partial charge on any atom is -0.392 e. The maximum absolute atomic E-state index is 11.8. The van der Waals surface area contributed by atoms with Crippen LogP contribution >= 0.6 is 0 Å². The van der Waals surface area contributed by atoms with E-state index in [0.29, 0.717) is 13.1 Å². The zero-order chi connectivity index (χ0) is 8.27. The fourth-order valence-corrected chi connectivity index (χ4v) is 1.32. The maximum atomic E-state index is 11.8. The molecule has 0 aromatic rings. The van der Waals surface area contributed by atoms with E-state index in [1.807, 2.05) is 4.90 Å². The van der Waals surface area contributed by atoms with Gasteiger partial charge in [0, 0.05) is 19.6 Å². The van der Waals surface area contributed by atoms with E-state index in [1.54, 1.807) is 0 Å². The molecule has 4 heteroatoms.